The lowest BCUT2D eigenvalue weighted by molar-refractivity contribution is 0.0239. The molecule has 1 aliphatic carbocycles. The van der Waals surface area contributed by atoms with E-state index in [9.17, 15) is 4.79 Å². The lowest BCUT2D eigenvalue weighted by Crippen LogP contribution is -2.40. The highest BCUT2D eigenvalue weighted by Gasteiger charge is 2.33. The summed E-state index contributed by atoms with van der Waals surface area (Å²) < 4.78 is 5.64. The summed E-state index contributed by atoms with van der Waals surface area (Å²) in [6, 6.07) is 13.7. The van der Waals surface area contributed by atoms with Crippen LogP contribution in [0, 0.1) is 0 Å². The molecule has 31 heavy (non-hydrogen) atoms. The van der Waals surface area contributed by atoms with Gasteiger partial charge in [-0.1, -0.05) is 24.3 Å². The maximum atomic E-state index is 13.1. The van der Waals surface area contributed by atoms with Crippen LogP contribution in [0.4, 0.5) is 5.00 Å². The van der Waals surface area contributed by atoms with Gasteiger partial charge in [-0.2, -0.15) is 0 Å². The van der Waals surface area contributed by atoms with Crippen LogP contribution in [-0.2, 0) is 17.6 Å². The molecule has 1 unspecified atom stereocenters. The highest BCUT2D eigenvalue weighted by molar-refractivity contribution is 7.16. The molecule has 1 fully saturated rings. The van der Waals surface area contributed by atoms with Crippen molar-refractivity contribution < 1.29 is 9.53 Å². The van der Waals surface area contributed by atoms with Gasteiger partial charge in [-0.3, -0.25) is 14.7 Å². The SMILES string of the molecule is O=C(Nc1sc2c(c1C(c1cccnc1)N1CCOCC1)CCCC2)c1ccccc1. The summed E-state index contributed by atoms with van der Waals surface area (Å²) in [4.78, 5) is 21.4. The molecule has 1 saturated heterocycles. The number of hydrogen-bond donors (Lipinski definition) is 1. The Morgan fingerprint density at radius 1 is 1.06 bits per heavy atom. The lowest BCUT2D eigenvalue weighted by atomic mass is 9.89. The van der Waals surface area contributed by atoms with Crippen molar-refractivity contribution in [1.29, 1.82) is 0 Å². The quantitative estimate of drug-likeness (QED) is 0.634. The third-order valence-corrected chi connectivity index (χ3v) is 7.38. The second kappa shape index (κ2) is 9.30. The zero-order chi connectivity index (χ0) is 21.0. The normalized spacial score (nSPS) is 17.7. The summed E-state index contributed by atoms with van der Waals surface area (Å²) in [5.41, 5.74) is 4.55. The fourth-order valence-electron chi connectivity index (χ4n) is 4.67. The van der Waals surface area contributed by atoms with Crippen LogP contribution in [0.3, 0.4) is 0 Å². The first-order valence-corrected chi connectivity index (χ1v) is 11.9. The van der Waals surface area contributed by atoms with Crippen molar-refractivity contribution in [3.8, 4) is 0 Å². The van der Waals surface area contributed by atoms with Gasteiger partial charge in [0.05, 0.1) is 19.3 Å². The Hall–Kier alpha value is -2.54. The number of aryl methyl sites for hydroxylation is 1. The minimum atomic E-state index is -0.0487. The van der Waals surface area contributed by atoms with Gasteiger partial charge in [-0.05, 0) is 55.0 Å². The number of benzene rings is 1. The summed E-state index contributed by atoms with van der Waals surface area (Å²) in [5.74, 6) is -0.0487. The molecule has 5 nitrogen and oxygen atoms in total. The highest BCUT2D eigenvalue weighted by atomic mass is 32.1. The molecule has 6 heteroatoms. The van der Waals surface area contributed by atoms with Crippen molar-refractivity contribution in [1.82, 2.24) is 9.88 Å². The molecule has 160 valence electrons. The number of fused-ring (bicyclic) bond motifs is 1. The van der Waals surface area contributed by atoms with Crippen LogP contribution in [0.1, 0.15) is 50.8 Å². The third-order valence-electron chi connectivity index (χ3n) is 6.16. The van der Waals surface area contributed by atoms with E-state index in [1.165, 1.54) is 34.4 Å². The smallest absolute Gasteiger partial charge is 0.256 e. The van der Waals surface area contributed by atoms with E-state index < -0.39 is 0 Å². The van der Waals surface area contributed by atoms with Gasteiger partial charge in [0, 0.05) is 41.5 Å². The maximum absolute atomic E-state index is 13.1. The van der Waals surface area contributed by atoms with Crippen LogP contribution in [0.15, 0.2) is 54.9 Å². The first kappa shape index (κ1) is 20.4. The monoisotopic (exact) mass is 433 g/mol. The molecule has 2 aromatic heterocycles. The fourth-order valence-corrected chi connectivity index (χ4v) is 5.99. The Morgan fingerprint density at radius 3 is 2.65 bits per heavy atom. The van der Waals surface area contributed by atoms with Crippen LogP contribution in [-0.4, -0.2) is 42.1 Å². The predicted molar refractivity (Wildman–Crippen MR) is 124 cm³/mol. The molecule has 0 spiro atoms. The molecular weight excluding hydrogens is 406 g/mol. The largest absolute Gasteiger partial charge is 0.379 e. The number of anilines is 1. The molecule has 2 aliphatic rings. The number of ether oxygens (including phenoxy) is 1. The summed E-state index contributed by atoms with van der Waals surface area (Å²) in [5, 5.41) is 4.26. The average molecular weight is 434 g/mol. The number of nitrogens with zero attached hydrogens (tertiary/aromatic N) is 2. The van der Waals surface area contributed by atoms with Crippen LogP contribution in [0.5, 0.6) is 0 Å². The predicted octanol–water partition coefficient (Wildman–Crippen LogP) is 4.70. The van der Waals surface area contributed by atoms with E-state index in [1.54, 1.807) is 11.3 Å². The molecule has 0 saturated carbocycles. The van der Waals surface area contributed by atoms with Gasteiger partial charge in [0.25, 0.3) is 5.91 Å². The van der Waals surface area contributed by atoms with Gasteiger partial charge in [-0.15, -0.1) is 11.3 Å². The third kappa shape index (κ3) is 4.28. The molecule has 1 aliphatic heterocycles. The number of aromatic nitrogens is 1. The molecule has 1 aromatic carbocycles. The van der Waals surface area contributed by atoms with Crippen molar-refractivity contribution in [3.63, 3.8) is 0 Å². The summed E-state index contributed by atoms with van der Waals surface area (Å²) in [6.45, 7) is 3.20. The van der Waals surface area contributed by atoms with Crippen molar-refractivity contribution in [2.75, 3.05) is 31.6 Å². The lowest BCUT2D eigenvalue weighted by Gasteiger charge is -2.36. The molecule has 3 heterocycles. The topological polar surface area (TPSA) is 54.5 Å². The van der Waals surface area contributed by atoms with Crippen molar-refractivity contribution >= 4 is 22.2 Å². The molecule has 5 rings (SSSR count). The number of hydrogen-bond acceptors (Lipinski definition) is 5. The van der Waals surface area contributed by atoms with Gasteiger partial charge < -0.3 is 10.1 Å². The van der Waals surface area contributed by atoms with Crippen molar-refractivity contribution in [3.05, 3.63) is 82.0 Å². The van der Waals surface area contributed by atoms with E-state index in [4.69, 9.17) is 4.74 Å². The first-order chi connectivity index (χ1) is 15.3. The Balaban J connectivity index is 1.59. The Morgan fingerprint density at radius 2 is 1.87 bits per heavy atom. The number of carbonyl (C=O) groups is 1. The van der Waals surface area contributed by atoms with Gasteiger partial charge >= 0.3 is 0 Å². The van der Waals surface area contributed by atoms with Crippen LogP contribution in [0.25, 0.3) is 0 Å². The van der Waals surface area contributed by atoms with E-state index in [2.05, 4.69) is 21.3 Å². The Bertz CT molecular complexity index is 1030. The molecule has 1 amide bonds. The average Bonchev–Trinajstić information content (AvgIpc) is 3.19. The number of carbonyl (C=O) groups excluding carboxylic acids is 1. The zero-order valence-corrected chi connectivity index (χ0v) is 18.4. The summed E-state index contributed by atoms with van der Waals surface area (Å²) in [7, 11) is 0. The summed E-state index contributed by atoms with van der Waals surface area (Å²) >= 11 is 1.76. The Labute approximate surface area is 187 Å². The number of amides is 1. The minimum absolute atomic E-state index is 0.0487. The minimum Gasteiger partial charge on any atom is -0.379 e. The molecule has 1 N–H and O–H groups in total. The number of thiophene rings is 1. The number of rotatable bonds is 5. The van der Waals surface area contributed by atoms with Gasteiger partial charge in [0.15, 0.2) is 0 Å². The van der Waals surface area contributed by atoms with Crippen molar-refractivity contribution in [2.24, 2.45) is 0 Å². The Kier molecular flexibility index (Phi) is 6.11. The highest BCUT2D eigenvalue weighted by Crippen LogP contribution is 2.45. The van der Waals surface area contributed by atoms with E-state index in [0.717, 1.165) is 44.1 Å². The van der Waals surface area contributed by atoms with E-state index >= 15 is 0 Å². The van der Waals surface area contributed by atoms with E-state index in [-0.39, 0.29) is 11.9 Å². The van der Waals surface area contributed by atoms with Crippen LogP contribution in [0.2, 0.25) is 0 Å². The first-order valence-electron chi connectivity index (χ1n) is 11.0. The molecule has 1 atom stereocenters. The number of pyridine rings is 1. The summed E-state index contributed by atoms with van der Waals surface area (Å²) in [6.07, 6.45) is 8.37. The second-order valence-corrected chi connectivity index (χ2v) is 9.22. The number of nitrogens with one attached hydrogen (secondary N) is 1. The van der Waals surface area contributed by atoms with Gasteiger partial charge in [-0.25, -0.2) is 0 Å². The van der Waals surface area contributed by atoms with Gasteiger partial charge in [0.2, 0.25) is 0 Å². The zero-order valence-electron chi connectivity index (χ0n) is 17.5. The van der Waals surface area contributed by atoms with Crippen molar-refractivity contribution in [2.45, 2.75) is 31.7 Å². The van der Waals surface area contributed by atoms with E-state index in [1.807, 2.05) is 48.8 Å². The van der Waals surface area contributed by atoms with Crippen LogP contribution < -0.4 is 5.32 Å². The second-order valence-electron chi connectivity index (χ2n) is 8.11. The fraction of sp³-hybridized carbons (Fsp3) is 0.360. The molecule has 0 radical (unpaired) electrons. The number of morpholine rings is 1. The molecule has 0 bridgehead atoms. The molecular formula is C25H27N3O2S. The maximum Gasteiger partial charge on any atom is 0.256 e. The van der Waals surface area contributed by atoms with Crippen LogP contribution >= 0.6 is 11.3 Å². The van der Waals surface area contributed by atoms with Gasteiger partial charge in [0.1, 0.15) is 5.00 Å². The molecule has 3 aromatic rings. The van der Waals surface area contributed by atoms with E-state index in [0.29, 0.717) is 5.56 Å². The standard InChI is InChI=1S/C25H27N3O2S/c29-24(18-7-2-1-3-8-18)27-25-22(20-10-4-5-11-21(20)31-25)23(19-9-6-12-26-17-19)28-13-15-30-16-14-28/h1-3,6-9,12,17,23H,4-5,10-11,13-16H2,(H,27,29).